The minimum Gasteiger partial charge on any atom is -0.396 e. The molecule has 3 rings (SSSR count). The molecule has 0 saturated heterocycles. The number of benzene rings is 1. The molecule has 2 aromatic heterocycles. The SMILES string of the molecule is OCCCN(CCO)Cc1c(-c2ccccc2)nc2ccccn12. The third-order valence-electron chi connectivity index (χ3n) is 4.10. The van der Waals surface area contributed by atoms with Crippen LogP contribution < -0.4 is 0 Å². The molecule has 0 fully saturated rings. The lowest BCUT2D eigenvalue weighted by molar-refractivity contribution is 0.173. The van der Waals surface area contributed by atoms with E-state index in [9.17, 15) is 5.11 Å². The molecule has 24 heavy (non-hydrogen) atoms. The van der Waals surface area contributed by atoms with Gasteiger partial charge in [0.1, 0.15) is 5.65 Å². The third-order valence-corrected chi connectivity index (χ3v) is 4.10. The fourth-order valence-corrected chi connectivity index (χ4v) is 2.94. The first-order valence-corrected chi connectivity index (χ1v) is 8.29. The Labute approximate surface area is 141 Å². The lowest BCUT2D eigenvalue weighted by Gasteiger charge is -2.21. The van der Waals surface area contributed by atoms with Crippen molar-refractivity contribution < 1.29 is 10.2 Å². The van der Waals surface area contributed by atoms with Crippen molar-refractivity contribution in [1.29, 1.82) is 0 Å². The molecule has 0 aliphatic carbocycles. The zero-order chi connectivity index (χ0) is 16.8. The summed E-state index contributed by atoms with van der Waals surface area (Å²) in [5.74, 6) is 0. The highest BCUT2D eigenvalue weighted by atomic mass is 16.3. The lowest BCUT2D eigenvalue weighted by Crippen LogP contribution is -2.29. The number of hydrogen-bond donors (Lipinski definition) is 2. The van der Waals surface area contributed by atoms with E-state index in [1.54, 1.807) is 0 Å². The van der Waals surface area contributed by atoms with Crippen LogP contribution in [-0.2, 0) is 6.54 Å². The molecular formula is C19H23N3O2. The Balaban J connectivity index is 2.01. The van der Waals surface area contributed by atoms with Gasteiger partial charge in [-0.25, -0.2) is 4.98 Å². The number of hydrogen-bond acceptors (Lipinski definition) is 4. The van der Waals surface area contributed by atoms with E-state index in [2.05, 4.69) is 21.4 Å². The standard InChI is InChI=1S/C19H23N3O2/c23-13-6-10-21(12-14-24)15-17-19(16-7-2-1-3-8-16)20-18-9-4-5-11-22(17)18/h1-5,7-9,11,23-24H,6,10,12-15H2. The van der Waals surface area contributed by atoms with Crippen LogP contribution in [0.5, 0.6) is 0 Å². The van der Waals surface area contributed by atoms with Crippen molar-refractivity contribution >= 4 is 5.65 Å². The summed E-state index contributed by atoms with van der Waals surface area (Å²) in [7, 11) is 0. The summed E-state index contributed by atoms with van der Waals surface area (Å²) in [5, 5.41) is 18.4. The van der Waals surface area contributed by atoms with Gasteiger partial charge in [-0.2, -0.15) is 0 Å². The summed E-state index contributed by atoms with van der Waals surface area (Å²) >= 11 is 0. The Kier molecular flexibility index (Phi) is 5.59. The van der Waals surface area contributed by atoms with Gasteiger partial charge in [0.15, 0.2) is 0 Å². The molecule has 1 aromatic carbocycles. The minimum absolute atomic E-state index is 0.100. The van der Waals surface area contributed by atoms with E-state index in [-0.39, 0.29) is 13.2 Å². The van der Waals surface area contributed by atoms with Gasteiger partial charge in [0.2, 0.25) is 0 Å². The van der Waals surface area contributed by atoms with Gasteiger partial charge in [-0.15, -0.1) is 0 Å². The summed E-state index contributed by atoms with van der Waals surface area (Å²) < 4.78 is 2.10. The van der Waals surface area contributed by atoms with Crippen LogP contribution in [0.4, 0.5) is 0 Å². The molecule has 0 unspecified atom stereocenters. The van der Waals surface area contributed by atoms with Crippen LogP contribution in [0.1, 0.15) is 12.1 Å². The predicted molar refractivity (Wildman–Crippen MR) is 94.7 cm³/mol. The first-order valence-electron chi connectivity index (χ1n) is 8.29. The van der Waals surface area contributed by atoms with Gasteiger partial charge in [0.25, 0.3) is 0 Å². The molecule has 0 atom stereocenters. The van der Waals surface area contributed by atoms with Crippen LogP contribution in [0, 0.1) is 0 Å². The van der Waals surface area contributed by atoms with Crippen LogP contribution in [0.2, 0.25) is 0 Å². The van der Waals surface area contributed by atoms with Crippen LogP contribution in [-0.4, -0.2) is 50.8 Å². The number of fused-ring (bicyclic) bond motifs is 1. The van der Waals surface area contributed by atoms with Gasteiger partial charge in [-0.05, 0) is 18.6 Å². The maximum absolute atomic E-state index is 9.34. The second kappa shape index (κ2) is 8.06. The average Bonchev–Trinajstić information content (AvgIpc) is 2.99. The second-order valence-electron chi connectivity index (χ2n) is 5.78. The van der Waals surface area contributed by atoms with Gasteiger partial charge in [0.05, 0.1) is 18.0 Å². The number of pyridine rings is 1. The van der Waals surface area contributed by atoms with E-state index in [0.717, 1.165) is 29.1 Å². The third kappa shape index (κ3) is 3.64. The molecule has 3 aromatic rings. The highest BCUT2D eigenvalue weighted by molar-refractivity contribution is 5.66. The van der Waals surface area contributed by atoms with Crippen molar-refractivity contribution in [2.24, 2.45) is 0 Å². The molecule has 2 heterocycles. The number of nitrogens with zero attached hydrogens (tertiary/aromatic N) is 3. The minimum atomic E-state index is 0.100. The molecule has 5 nitrogen and oxygen atoms in total. The summed E-state index contributed by atoms with van der Waals surface area (Å²) in [5.41, 5.74) is 4.07. The molecule has 126 valence electrons. The highest BCUT2D eigenvalue weighted by Gasteiger charge is 2.16. The smallest absolute Gasteiger partial charge is 0.137 e. The number of aliphatic hydroxyl groups excluding tert-OH is 2. The molecule has 0 bridgehead atoms. The fourth-order valence-electron chi connectivity index (χ4n) is 2.94. The van der Waals surface area contributed by atoms with E-state index >= 15 is 0 Å². The number of imidazole rings is 1. The summed E-state index contributed by atoms with van der Waals surface area (Å²) in [6.45, 7) is 2.25. The number of aliphatic hydroxyl groups is 2. The van der Waals surface area contributed by atoms with Crippen molar-refractivity contribution in [2.75, 3.05) is 26.3 Å². The van der Waals surface area contributed by atoms with Crippen molar-refractivity contribution in [3.8, 4) is 11.3 Å². The summed E-state index contributed by atoms with van der Waals surface area (Å²) in [4.78, 5) is 6.95. The van der Waals surface area contributed by atoms with Crippen molar-refractivity contribution in [3.63, 3.8) is 0 Å². The zero-order valence-electron chi connectivity index (χ0n) is 13.7. The molecular weight excluding hydrogens is 302 g/mol. The maximum atomic E-state index is 9.34. The molecule has 5 heteroatoms. The largest absolute Gasteiger partial charge is 0.396 e. The monoisotopic (exact) mass is 325 g/mol. The highest BCUT2D eigenvalue weighted by Crippen LogP contribution is 2.25. The van der Waals surface area contributed by atoms with Gasteiger partial charge in [0, 0.05) is 38.0 Å². The predicted octanol–water partition coefficient (Wildman–Crippen LogP) is 2.18. The zero-order valence-corrected chi connectivity index (χ0v) is 13.7. The van der Waals surface area contributed by atoms with E-state index in [0.29, 0.717) is 19.5 Å². The number of aromatic nitrogens is 2. The Morgan fingerprint density at radius 1 is 0.917 bits per heavy atom. The quantitative estimate of drug-likeness (QED) is 0.666. The Hall–Kier alpha value is -2.21. The van der Waals surface area contributed by atoms with Crippen molar-refractivity contribution in [1.82, 2.24) is 14.3 Å². The molecule has 2 N–H and O–H groups in total. The maximum Gasteiger partial charge on any atom is 0.137 e. The van der Waals surface area contributed by atoms with Crippen LogP contribution >= 0.6 is 0 Å². The van der Waals surface area contributed by atoms with Gasteiger partial charge in [-0.1, -0.05) is 36.4 Å². The van der Waals surface area contributed by atoms with Crippen LogP contribution in [0.3, 0.4) is 0 Å². The molecule has 0 aliphatic rings. The van der Waals surface area contributed by atoms with Crippen LogP contribution in [0.25, 0.3) is 16.9 Å². The fraction of sp³-hybridized carbons (Fsp3) is 0.316. The summed E-state index contributed by atoms with van der Waals surface area (Å²) in [6.07, 6.45) is 2.71. The molecule has 0 spiro atoms. The molecule has 0 saturated carbocycles. The van der Waals surface area contributed by atoms with E-state index < -0.39 is 0 Å². The van der Waals surface area contributed by atoms with Crippen molar-refractivity contribution in [2.45, 2.75) is 13.0 Å². The van der Waals surface area contributed by atoms with Gasteiger partial charge in [-0.3, -0.25) is 4.90 Å². The number of rotatable bonds is 8. The Morgan fingerprint density at radius 2 is 1.71 bits per heavy atom. The average molecular weight is 325 g/mol. The second-order valence-corrected chi connectivity index (χ2v) is 5.78. The molecule has 0 radical (unpaired) electrons. The van der Waals surface area contributed by atoms with Crippen LogP contribution in [0.15, 0.2) is 54.7 Å². The van der Waals surface area contributed by atoms with E-state index in [1.807, 2.05) is 42.6 Å². The Morgan fingerprint density at radius 3 is 2.46 bits per heavy atom. The lowest BCUT2D eigenvalue weighted by atomic mass is 10.1. The normalized spacial score (nSPS) is 11.5. The summed E-state index contributed by atoms with van der Waals surface area (Å²) in [6, 6.07) is 16.1. The van der Waals surface area contributed by atoms with Gasteiger partial charge < -0.3 is 14.6 Å². The van der Waals surface area contributed by atoms with E-state index in [1.165, 1.54) is 0 Å². The first-order chi connectivity index (χ1) is 11.8. The van der Waals surface area contributed by atoms with Crippen molar-refractivity contribution in [3.05, 3.63) is 60.4 Å². The molecule has 0 amide bonds. The first kappa shape index (κ1) is 16.6. The molecule has 0 aliphatic heterocycles. The Bertz CT molecular complexity index is 771. The van der Waals surface area contributed by atoms with Gasteiger partial charge >= 0.3 is 0 Å². The van der Waals surface area contributed by atoms with E-state index in [4.69, 9.17) is 10.1 Å². The topological polar surface area (TPSA) is 61.0 Å².